The highest BCUT2D eigenvalue weighted by atomic mass is 16.1. The summed E-state index contributed by atoms with van der Waals surface area (Å²) in [5, 5.41) is 5.89. The summed E-state index contributed by atoms with van der Waals surface area (Å²) >= 11 is 0. The first-order valence-electron chi connectivity index (χ1n) is 7.70. The van der Waals surface area contributed by atoms with E-state index in [1.807, 2.05) is 19.9 Å². The SMILES string of the molecule is Cc1cc(C)nc(NCCCC(=O)Nc2ccc(C(N)=O)cc2)n1. The minimum Gasteiger partial charge on any atom is -0.366 e. The molecule has 0 radical (unpaired) electrons. The fourth-order valence-corrected chi connectivity index (χ4v) is 2.20. The third-order valence-corrected chi connectivity index (χ3v) is 3.30. The molecule has 0 aliphatic carbocycles. The van der Waals surface area contributed by atoms with Gasteiger partial charge in [0, 0.05) is 35.6 Å². The number of rotatable bonds is 7. The van der Waals surface area contributed by atoms with Gasteiger partial charge in [0.05, 0.1) is 0 Å². The zero-order valence-corrected chi connectivity index (χ0v) is 13.8. The van der Waals surface area contributed by atoms with E-state index in [-0.39, 0.29) is 5.91 Å². The van der Waals surface area contributed by atoms with E-state index in [1.165, 1.54) is 0 Å². The number of nitrogens with two attached hydrogens (primary N) is 1. The zero-order valence-electron chi connectivity index (χ0n) is 13.8. The molecule has 7 nitrogen and oxygen atoms in total. The van der Waals surface area contributed by atoms with Crippen LogP contribution in [-0.4, -0.2) is 28.3 Å². The zero-order chi connectivity index (χ0) is 17.5. The molecule has 0 saturated carbocycles. The second-order valence-electron chi connectivity index (χ2n) is 5.49. The number of aromatic nitrogens is 2. The van der Waals surface area contributed by atoms with Crippen molar-refractivity contribution in [2.45, 2.75) is 26.7 Å². The number of aryl methyl sites for hydroxylation is 2. The van der Waals surface area contributed by atoms with Crippen molar-refractivity contribution in [1.82, 2.24) is 9.97 Å². The van der Waals surface area contributed by atoms with Gasteiger partial charge in [0.15, 0.2) is 0 Å². The lowest BCUT2D eigenvalue weighted by molar-refractivity contribution is -0.116. The summed E-state index contributed by atoms with van der Waals surface area (Å²) in [6.45, 7) is 4.44. The van der Waals surface area contributed by atoms with Crippen LogP contribution in [0.3, 0.4) is 0 Å². The number of benzene rings is 1. The first-order valence-corrected chi connectivity index (χ1v) is 7.70. The van der Waals surface area contributed by atoms with Crippen molar-refractivity contribution in [3.8, 4) is 0 Å². The highest BCUT2D eigenvalue weighted by Gasteiger charge is 2.05. The average molecular weight is 327 g/mol. The van der Waals surface area contributed by atoms with Gasteiger partial charge in [0.2, 0.25) is 17.8 Å². The Labute approximate surface area is 140 Å². The maximum atomic E-state index is 11.9. The van der Waals surface area contributed by atoms with Gasteiger partial charge in [-0.3, -0.25) is 9.59 Å². The Bertz CT molecular complexity index is 708. The molecule has 2 rings (SSSR count). The Morgan fingerprint density at radius 2 is 1.71 bits per heavy atom. The van der Waals surface area contributed by atoms with E-state index in [0.29, 0.717) is 36.6 Å². The fraction of sp³-hybridized carbons (Fsp3) is 0.294. The van der Waals surface area contributed by atoms with Crippen LogP contribution in [0.5, 0.6) is 0 Å². The molecule has 1 aromatic carbocycles. The number of carbonyl (C=O) groups is 2. The molecular weight excluding hydrogens is 306 g/mol. The van der Waals surface area contributed by atoms with E-state index >= 15 is 0 Å². The summed E-state index contributed by atoms with van der Waals surface area (Å²) in [5.41, 5.74) is 8.02. The summed E-state index contributed by atoms with van der Waals surface area (Å²) in [6, 6.07) is 8.37. The maximum absolute atomic E-state index is 11.9. The monoisotopic (exact) mass is 327 g/mol. The number of amides is 2. The minimum atomic E-state index is -0.493. The molecule has 2 amide bonds. The Morgan fingerprint density at radius 3 is 2.29 bits per heavy atom. The largest absolute Gasteiger partial charge is 0.366 e. The van der Waals surface area contributed by atoms with Gasteiger partial charge in [-0.25, -0.2) is 9.97 Å². The molecule has 4 N–H and O–H groups in total. The lowest BCUT2D eigenvalue weighted by atomic mass is 10.2. The van der Waals surface area contributed by atoms with Crippen LogP contribution >= 0.6 is 0 Å². The first kappa shape index (κ1) is 17.4. The number of carbonyl (C=O) groups excluding carboxylic acids is 2. The van der Waals surface area contributed by atoms with Crippen molar-refractivity contribution < 1.29 is 9.59 Å². The second kappa shape index (κ2) is 8.05. The van der Waals surface area contributed by atoms with Gasteiger partial charge in [0.1, 0.15) is 0 Å². The minimum absolute atomic E-state index is 0.0926. The summed E-state index contributed by atoms with van der Waals surface area (Å²) in [4.78, 5) is 31.4. The van der Waals surface area contributed by atoms with Crippen LogP contribution in [-0.2, 0) is 4.79 Å². The van der Waals surface area contributed by atoms with Crippen LogP contribution in [0.15, 0.2) is 30.3 Å². The van der Waals surface area contributed by atoms with E-state index in [2.05, 4.69) is 20.6 Å². The van der Waals surface area contributed by atoms with Gasteiger partial charge < -0.3 is 16.4 Å². The summed E-state index contributed by atoms with van der Waals surface area (Å²) in [7, 11) is 0. The van der Waals surface area contributed by atoms with Gasteiger partial charge in [-0.15, -0.1) is 0 Å². The Kier molecular flexibility index (Phi) is 5.83. The molecule has 24 heavy (non-hydrogen) atoms. The highest BCUT2D eigenvalue weighted by molar-refractivity contribution is 5.94. The van der Waals surface area contributed by atoms with E-state index in [9.17, 15) is 9.59 Å². The van der Waals surface area contributed by atoms with E-state index < -0.39 is 5.91 Å². The summed E-state index contributed by atoms with van der Waals surface area (Å²) in [6.07, 6.45) is 1.02. The molecule has 1 aromatic heterocycles. The number of hydrogen-bond donors (Lipinski definition) is 3. The van der Waals surface area contributed by atoms with E-state index in [0.717, 1.165) is 11.4 Å². The van der Waals surface area contributed by atoms with Crippen molar-refractivity contribution >= 4 is 23.5 Å². The van der Waals surface area contributed by atoms with Crippen molar-refractivity contribution in [2.75, 3.05) is 17.2 Å². The third-order valence-electron chi connectivity index (χ3n) is 3.30. The average Bonchev–Trinajstić information content (AvgIpc) is 2.51. The number of hydrogen-bond acceptors (Lipinski definition) is 5. The normalized spacial score (nSPS) is 10.2. The van der Waals surface area contributed by atoms with Gasteiger partial charge >= 0.3 is 0 Å². The molecule has 0 aliphatic heterocycles. The van der Waals surface area contributed by atoms with Gasteiger partial charge in [-0.2, -0.15) is 0 Å². The number of nitrogens with zero attached hydrogens (tertiary/aromatic N) is 2. The molecule has 0 saturated heterocycles. The van der Waals surface area contributed by atoms with Crippen molar-refractivity contribution in [3.05, 3.63) is 47.3 Å². The first-order chi connectivity index (χ1) is 11.4. The Hall–Kier alpha value is -2.96. The van der Waals surface area contributed by atoms with Crippen molar-refractivity contribution in [3.63, 3.8) is 0 Å². The van der Waals surface area contributed by atoms with Gasteiger partial charge in [-0.05, 0) is 50.6 Å². The third kappa shape index (κ3) is 5.35. The molecule has 0 unspecified atom stereocenters. The molecule has 2 aromatic rings. The molecule has 7 heteroatoms. The maximum Gasteiger partial charge on any atom is 0.248 e. The van der Waals surface area contributed by atoms with Crippen LogP contribution in [0.1, 0.15) is 34.6 Å². The van der Waals surface area contributed by atoms with Gasteiger partial charge in [0.25, 0.3) is 0 Å². The molecular formula is C17H21N5O2. The number of nitrogens with one attached hydrogen (secondary N) is 2. The quantitative estimate of drug-likeness (QED) is 0.674. The van der Waals surface area contributed by atoms with Crippen molar-refractivity contribution in [2.24, 2.45) is 5.73 Å². The number of anilines is 2. The smallest absolute Gasteiger partial charge is 0.248 e. The van der Waals surface area contributed by atoms with Gasteiger partial charge in [-0.1, -0.05) is 0 Å². The van der Waals surface area contributed by atoms with E-state index in [1.54, 1.807) is 24.3 Å². The van der Waals surface area contributed by atoms with Crippen LogP contribution in [0.25, 0.3) is 0 Å². The second-order valence-corrected chi connectivity index (χ2v) is 5.49. The molecule has 0 atom stereocenters. The lowest BCUT2D eigenvalue weighted by Crippen LogP contribution is -2.15. The number of primary amides is 1. The Morgan fingerprint density at radius 1 is 1.08 bits per heavy atom. The molecule has 126 valence electrons. The summed E-state index contributed by atoms with van der Waals surface area (Å²) < 4.78 is 0. The lowest BCUT2D eigenvalue weighted by Gasteiger charge is -2.07. The predicted octanol–water partition coefficient (Wildman–Crippen LogP) is 2.02. The molecule has 0 aliphatic rings. The molecule has 0 spiro atoms. The van der Waals surface area contributed by atoms with E-state index in [4.69, 9.17) is 5.73 Å². The Balaban J connectivity index is 1.74. The molecule has 1 heterocycles. The van der Waals surface area contributed by atoms with Crippen LogP contribution < -0.4 is 16.4 Å². The fourth-order valence-electron chi connectivity index (χ4n) is 2.20. The standard InChI is InChI=1S/C17H21N5O2/c1-11-10-12(2)21-17(20-11)19-9-3-4-15(23)22-14-7-5-13(6-8-14)16(18)24/h5-8,10H,3-4,9H2,1-2H3,(H2,18,24)(H,22,23)(H,19,20,21). The molecule has 0 fully saturated rings. The predicted molar refractivity (Wildman–Crippen MR) is 92.8 cm³/mol. The van der Waals surface area contributed by atoms with Crippen LogP contribution in [0.4, 0.5) is 11.6 Å². The van der Waals surface area contributed by atoms with Crippen LogP contribution in [0.2, 0.25) is 0 Å². The van der Waals surface area contributed by atoms with Crippen LogP contribution in [0, 0.1) is 13.8 Å². The van der Waals surface area contributed by atoms with Crippen molar-refractivity contribution in [1.29, 1.82) is 0 Å². The highest BCUT2D eigenvalue weighted by Crippen LogP contribution is 2.10. The topological polar surface area (TPSA) is 110 Å². The summed E-state index contributed by atoms with van der Waals surface area (Å²) in [5.74, 6) is -0.00697. The molecule has 0 bridgehead atoms.